The van der Waals surface area contributed by atoms with Gasteiger partial charge >= 0.3 is 0 Å². The van der Waals surface area contributed by atoms with Crippen LogP contribution in [0.1, 0.15) is 41.5 Å². The van der Waals surface area contributed by atoms with Gasteiger partial charge in [0.25, 0.3) is 5.91 Å². The van der Waals surface area contributed by atoms with E-state index in [1.165, 1.54) is 0 Å². The first-order valence-electron chi connectivity index (χ1n) is 8.40. The number of rotatable bonds is 6. The Morgan fingerprint density at radius 2 is 2.12 bits per heavy atom. The van der Waals surface area contributed by atoms with Crippen LogP contribution in [0.3, 0.4) is 0 Å². The highest BCUT2D eigenvalue weighted by Gasteiger charge is 2.18. The fourth-order valence-corrected chi connectivity index (χ4v) is 3.63. The van der Waals surface area contributed by atoms with Crippen molar-refractivity contribution in [3.63, 3.8) is 0 Å². The van der Waals surface area contributed by atoms with Gasteiger partial charge in [-0.2, -0.15) is 0 Å². The van der Waals surface area contributed by atoms with E-state index in [4.69, 9.17) is 10.7 Å². The van der Waals surface area contributed by atoms with Crippen LogP contribution in [0.2, 0.25) is 0 Å². The first-order chi connectivity index (χ1) is 12.0. The molecular weight excluding hydrogens is 332 g/mol. The zero-order valence-corrected chi connectivity index (χ0v) is 15.6. The zero-order chi connectivity index (χ0) is 18.0. The van der Waals surface area contributed by atoms with Crippen molar-refractivity contribution >= 4 is 17.2 Å². The molecule has 0 spiro atoms. The Morgan fingerprint density at radius 1 is 1.32 bits per heavy atom. The van der Waals surface area contributed by atoms with Gasteiger partial charge < -0.3 is 10.3 Å². The fraction of sp³-hybridized carbons (Fsp3) is 0.316. The monoisotopic (exact) mass is 354 g/mol. The molecule has 3 aromatic heterocycles. The Bertz CT molecular complexity index is 893. The topological polar surface area (TPSA) is 73.8 Å². The maximum Gasteiger partial charge on any atom is 0.250 e. The Labute approximate surface area is 151 Å². The van der Waals surface area contributed by atoms with E-state index in [9.17, 15) is 4.79 Å². The average molecular weight is 354 g/mol. The third kappa shape index (κ3) is 3.49. The third-order valence-electron chi connectivity index (χ3n) is 4.29. The predicted octanol–water partition coefficient (Wildman–Crippen LogP) is 4.19. The van der Waals surface area contributed by atoms with Gasteiger partial charge in [-0.15, -0.1) is 11.3 Å². The van der Waals surface area contributed by atoms with Crippen LogP contribution < -0.4 is 5.73 Å². The van der Waals surface area contributed by atoms with Gasteiger partial charge in [0.2, 0.25) is 0 Å². The number of nitrogens with zero attached hydrogens (tertiary/aromatic N) is 3. The second-order valence-corrected chi connectivity index (χ2v) is 6.98. The summed E-state index contributed by atoms with van der Waals surface area (Å²) < 4.78 is 2.15. The number of thiazole rings is 1. The summed E-state index contributed by atoms with van der Waals surface area (Å²) in [6, 6.07) is 5.87. The molecule has 5 nitrogen and oxygen atoms in total. The van der Waals surface area contributed by atoms with Crippen LogP contribution in [0.5, 0.6) is 0 Å². The van der Waals surface area contributed by atoms with Crippen molar-refractivity contribution in [2.24, 2.45) is 5.73 Å². The molecule has 0 atom stereocenters. The van der Waals surface area contributed by atoms with Gasteiger partial charge in [0.15, 0.2) is 0 Å². The molecule has 25 heavy (non-hydrogen) atoms. The molecule has 130 valence electrons. The van der Waals surface area contributed by atoms with Crippen LogP contribution in [0.15, 0.2) is 29.8 Å². The number of amides is 1. The smallest absolute Gasteiger partial charge is 0.250 e. The van der Waals surface area contributed by atoms with Gasteiger partial charge in [-0.1, -0.05) is 13.3 Å². The second-order valence-electron chi connectivity index (χ2n) is 6.12. The lowest BCUT2D eigenvalue weighted by Crippen LogP contribution is -2.12. The molecule has 0 saturated heterocycles. The predicted molar refractivity (Wildman–Crippen MR) is 102 cm³/mol. The van der Waals surface area contributed by atoms with Gasteiger partial charge in [-0.25, -0.2) is 4.98 Å². The Hall–Kier alpha value is -2.47. The Morgan fingerprint density at radius 3 is 2.76 bits per heavy atom. The molecule has 0 aliphatic heterocycles. The zero-order valence-electron chi connectivity index (χ0n) is 14.7. The number of primary amides is 1. The van der Waals surface area contributed by atoms with Crippen LogP contribution in [0.4, 0.5) is 0 Å². The number of nitrogens with two attached hydrogens (primary N) is 1. The van der Waals surface area contributed by atoms with E-state index in [1.54, 1.807) is 11.3 Å². The number of hydrogen-bond donors (Lipinski definition) is 1. The third-order valence-corrected chi connectivity index (χ3v) is 5.18. The van der Waals surface area contributed by atoms with Crippen molar-refractivity contribution in [1.29, 1.82) is 0 Å². The first kappa shape index (κ1) is 17.4. The molecule has 0 radical (unpaired) electrons. The van der Waals surface area contributed by atoms with Gasteiger partial charge in [0.1, 0.15) is 5.01 Å². The first-order valence-corrected chi connectivity index (χ1v) is 9.28. The van der Waals surface area contributed by atoms with Crippen molar-refractivity contribution < 1.29 is 4.79 Å². The molecule has 0 aliphatic rings. The van der Waals surface area contributed by atoms with Crippen LogP contribution in [0.25, 0.3) is 22.0 Å². The maximum atomic E-state index is 11.7. The molecular formula is C19H22N4OS. The van der Waals surface area contributed by atoms with E-state index in [0.717, 1.165) is 52.7 Å². The molecule has 0 saturated carbocycles. The molecule has 0 bridgehead atoms. The number of unbranched alkanes of at least 4 members (excludes halogenated alkanes) is 1. The quantitative estimate of drug-likeness (QED) is 0.721. The van der Waals surface area contributed by atoms with Crippen molar-refractivity contribution in [2.45, 2.75) is 40.2 Å². The summed E-state index contributed by atoms with van der Waals surface area (Å²) in [6.45, 7) is 6.91. The normalized spacial score (nSPS) is 11.0. The van der Waals surface area contributed by atoms with E-state index in [-0.39, 0.29) is 0 Å². The summed E-state index contributed by atoms with van der Waals surface area (Å²) in [5, 5.41) is 2.95. The van der Waals surface area contributed by atoms with Crippen molar-refractivity contribution in [3.05, 3.63) is 46.7 Å². The van der Waals surface area contributed by atoms with Gasteiger partial charge in [-0.05, 0) is 38.5 Å². The summed E-state index contributed by atoms with van der Waals surface area (Å²) in [4.78, 5) is 20.8. The van der Waals surface area contributed by atoms with Crippen LogP contribution in [0, 0.1) is 13.8 Å². The van der Waals surface area contributed by atoms with E-state index < -0.39 is 5.91 Å². The Balaban J connectivity index is 2.02. The van der Waals surface area contributed by atoms with E-state index in [0.29, 0.717) is 5.56 Å². The van der Waals surface area contributed by atoms with Gasteiger partial charge in [-0.3, -0.25) is 9.78 Å². The van der Waals surface area contributed by atoms with Crippen molar-refractivity contribution in [1.82, 2.24) is 14.5 Å². The van der Waals surface area contributed by atoms with Crippen LogP contribution in [-0.2, 0) is 6.54 Å². The van der Waals surface area contributed by atoms with Gasteiger partial charge in [0.05, 0.1) is 17.0 Å². The number of aryl methyl sites for hydroxylation is 1. The van der Waals surface area contributed by atoms with E-state index in [2.05, 4.69) is 16.5 Å². The van der Waals surface area contributed by atoms with Gasteiger partial charge in [0, 0.05) is 35.1 Å². The number of pyridine rings is 1. The molecule has 0 aliphatic carbocycles. The minimum Gasteiger partial charge on any atom is -0.366 e. The Kier molecular flexibility index (Phi) is 4.99. The molecule has 6 heteroatoms. The number of carbonyl (C=O) groups is 1. The lowest BCUT2D eigenvalue weighted by atomic mass is 10.2. The summed E-state index contributed by atoms with van der Waals surface area (Å²) in [5.74, 6) is -0.396. The standard InChI is InChI=1S/C19H22N4OS/c1-4-5-8-23-13(3)15(18(20)24)9-17(23)16-11-25-19(22-16)14-7-6-12(2)21-10-14/h6-7,9-11H,4-5,8H2,1-3H3,(H2,20,24). The molecule has 1 amide bonds. The number of hydrogen-bond acceptors (Lipinski definition) is 4. The maximum absolute atomic E-state index is 11.7. The number of aromatic nitrogens is 3. The van der Waals surface area contributed by atoms with E-state index in [1.807, 2.05) is 43.6 Å². The SMILES string of the molecule is CCCCn1c(-c2csc(-c3ccc(C)nc3)n2)cc(C(N)=O)c1C. The van der Waals surface area contributed by atoms with Crippen molar-refractivity contribution in [2.75, 3.05) is 0 Å². The molecule has 0 fully saturated rings. The summed E-state index contributed by atoms with van der Waals surface area (Å²) >= 11 is 1.58. The molecule has 0 unspecified atom stereocenters. The average Bonchev–Trinajstić information content (AvgIpc) is 3.18. The summed E-state index contributed by atoms with van der Waals surface area (Å²) in [5.41, 5.74) is 10.8. The molecule has 0 aromatic carbocycles. The van der Waals surface area contributed by atoms with E-state index >= 15 is 0 Å². The molecule has 2 N–H and O–H groups in total. The molecule has 3 rings (SSSR count). The summed E-state index contributed by atoms with van der Waals surface area (Å²) in [6.07, 6.45) is 3.97. The molecule has 3 heterocycles. The fourth-order valence-electron chi connectivity index (χ4n) is 2.83. The van der Waals surface area contributed by atoms with Crippen LogP contribution >= 0.6 is 11.3 Å². The highest BCUT2D eigenvalue weighted by molar-refractivity contribution is 7.13. The highest BCUT2D eigenvalue weighted by atomic mass is 32.1. The minimum atomic E-state index is -0.396. The van der Waals surface area contributed by atoms with Crippen LogP contribution in [-0.4, -0.2) is 20.4 Å². The second kappa shape index (κ2) is 7.19. The minimum absolute atomic E-state index is 0.396. The lowest BCUT2D eigenvalue weighted by molar-refractivity contribution is 0.0999. The molecule has 3 aromatic rings. The highest BCUT2D eigenvalue weighted by Crippen LogP contribution is 2.31. The van der Waals surface area contributed by atoms with Crippen molar-refractivity contribution in [3.8, 4) is 22.0 Å². The summed E-state index contributed by atoms with van der Waals surface area (Å²) in [7, 11) is 0. The lowest BCUT2D eigenvalue weighted by Gasteiger charge is -2.09. The largest absolute Gasteiger partial charge is 0.366 e. The number of carbonyl (C=O) groups excluding carboxylic acids is 1.